The quantitative estimate of drug-likeness (QED) is 0.742. The van der Waals surface area contributed by atoms with E-state index in [4.69, 9.17) is 0 Å². The Bertz CT molecular complexity index is 1040. The molecule has 2 saturated heterocycles. The van der Waals surface area contributed by atoms with Gasteiger partial charge >= 0.3 is 0 Å². The van der Waals surface area contributed by atoms with Crippen molar-refractivity contribution in [3.63, 3.8) is 0 Å². The third-order valence-corrected chi connectivity index (χ3v) is 8.05. The Kier molecular flexibility index (Phi) is 5.02. The predicted molar refractivity (Wildman–Crippen MR) is 125 cm³/mol. The fraction of sp³-hybridized carbons (Fsp3) is 0.481. The molecule has 5 heteroatoms. The zero-order chi connectivity index (χ0) is 21.7. The van der Waals surface area contributed by atoms with Crippen molar-refractivity contribution in [1.82, 2.24) is 14.7 Å². The van der Waals surface area contributed by atoms with Crippen LogP contribution in [0.3, 0.4) is 0 Å². The van der Waals surface area contributed by atoms with Crippen LogP contribution in [0, 0.1) is 0 Å². The SMILES string of the molecule is O=C(c1ccc(-c2ccc3c(c2)CCN([C@@H]2CCN(C4CCC4)C2)C3=O)cc1)N1CCC1. The van der Waals surface area contributed by atoms with Crippen LogP contribution in [0.1, 0.15) is 58.4 Å². The molecule has 2 amide bonds. The summed E-state index contributed by atoms with van der Waals surface area (Å²) in [6.07, 6.45) is 7.16. The van der Waals surface area contributed by atoms with Crippen LogP contribution in [-0.2, 0) is 6.42 Å². The number of likely N-dealkylation sites (tertiary alicyclic amines) is 2. The van der Waals surface area contributed by atoms with Gasteiger partial charge < -0.3 is 9.80 Å². The molecule has 32 heavy (non-hydrogen) atoms. The first-order valence-electron chi connectivity index (χ1n) is 12.2. The first-order chi connectivity index (χ1) is 15.7. The van der Waals surface area contributed by atoms with E-state index in [9.17, 15) is 9.59 Å². The van der Waals surface area contributed by atoms with Gasteiger partial charge in [0.1, 0.15) is 0 Å². The maximum Gasteiger partial charge on any atom is 0.254 e. The van der Waals surface area contributed by atoms with Gasteiger partial charge in [-0.05, 0) is 67.0 Å². The lowest BCUT2D eigenvalue weighted by molar-refractivity contribution is 0.0641. The molecule has 0 N–H and O–H groups in total. The zero-order valence-electron chi connectivity index (χ0n) is 18.6. The summed E-state index contributed by atoms with van der Waals surface area (Å²) in [7, 11) is 0. The molecule has 1 aliphatic carbocycles. The third kappa shape index (κ3) is 3.43. The number of amides is 2. The van der Waals surface area contributed by atoms with Gasteiger partial charge in [-0.15, -0.1) is 0 Å². The van der Waals surface area contributed by atoms with E-state index in [-0.39, 0.29) is 11.8 Å². The summed E-state index contributed by atoms with van der Waals surface area (Å²) >= 11 is 0. The minimum absolute atomic E-state index is 0.127. The zero-order valence-corrected chi connectivity index (χ0v) is 18.6. The van der Waals surface area contributed by atoms with Crippen molar-refractivity contribution in [2.75, 3.05) is 32.7 Å². The maximum atomic E-state index is 13.3. The van der Waals surface area contributed by atoms with Crippen molar-refractivity contribution >= 4 is 11.8 Å². The molecule has 0 radical (unpaired) electrons. The monoisotopic (exact) mass is 429 g/mol. The standard InChI is InChI=1S/C27H31N3O2/c31-26(28-13-2-14-28)20-7-5-19(6-8-20)21-9-10-25-22(17-21)11-16-30(27(25)32)24-12-15-29(18-24)23-3-1-4-23/h5-10,17,23-24H,1-4,11-16,18H2/t24-/m1/s1. The number of nitrogens with zero attached hydrogens (tertiary/aromatic N) is 3. The van der Waals surface area contributed by atoms with Crippen molar-refractivity contribution in [3.05, 3.63) is 59.2 Å². The topological polar surface area (TPSA) is 43.9 Å². The highest BCUT2D eigenvalue weighted by molar-refractivity contribution is 5.98. The van der Waals surface area contributed by atoms with Crippen LogP contribution in [0.15, 0.2) is 42.5 Å². The predicted octanol–water partition coefficient (Wildman–Crippen LogP) is 3.82. The van der Waals surface area contributed by atoms with E-state index in [2.05, 4.69) is 21.9 Å². The first kappa shape index (κ1) is 20.0. The van der Waals surface area contributed by atoms with Crippen LogP contribution in [0.4, 0.5) is 0 Å². The molecular weight excluding hydrogens is 398 g/mol. The summed E-state index contributed by atoms with van der Waals surface area (Å²) in [5.41, 5.74) is 4.98. The van der Waals surface area contributed by atoms with Crippen molar-refractivity contribution in [2.24, 2.45) is 0 Å². The molecule has 4 aliphatic rings. The average Bonchev–Trinajstić information content (AvgIpc) is 3.20. The lowest BCUT2D eigenvalue weighted by atomic mass is 9.92. The fourth-order valence-electron chi connectivity index (χ4n) is 5.65. The van der Waals surface area contributed by atoms with E-state index in [0.29, 0.717) is 6.04 Å². The Balaban J connectivity index is 1.16. The van der Waals surface area contributed by atoms with Crippen molar-refractivity contribution in [2.45, 2.75) is 50.6 Å². The molecule has 0 aromatic heterocycles. The minimum Gasteiger partial charge on any atom is -0.339 e. The van der Waals surface area contributed by atoms with Crippen LogP contribution in [0.2, 0.25) is 0 Å². The van der Waals surface area contributed by atoms with Crippen LogP contribution < -0.4 is 0 Å². The van der Waals surface area contributed by atoms with Gasteiger partial charge in [-0.1, -0.05) is 30.7 Å². The number of hydrogen-bond acceptors (Lipinski definition) is 3. The lowest BCUT2D eigenvalue weighted by Crippen LogP contribution is -2.47. The Hall–Kier alpha value is -2.66. The molecule has 2 aromatic rings. The Morgan fingerprint density at radius 3 is 2.28 bits per heavy atom. The molecule has 0 spiro atoms. The summed E-state index contributed by atoms with van der Waals surface area (Å²) in [6.45, 7) is 4.75. The van der Waals surface area contributed by atoms with Gasteiger partial charge in [0.25, 0.3) is 11.8 Å². The van der Waals surface area contributed by atoms with Crippen LogP contribution in [0.5, 0.6) is 0 Å². The average molecular weight is 430 g/mol. The van der Waals surface area contributed by atoms with Gasteiger partial charge in [0.15, 0.2) is 0 Å². The van der Waals surface area contributed by atoms with Crippen molar-refractivity contribution in [1.29, 1.82) is 0 Å². The highest BCUT2D eigenvalue weighted by Gasteiger charge is 2.37. The van der Waals surface area contributed by atoms with Crippen LogP contribution in [-0.4, -0.2) is 71.3 Å². The summed E-state index contributed by atoms with van der Waals surface area (Å²) in [6, 6.07) is 15.3. The molecule has 0 bridgehead atoms. The summed E-state index contributed by atoms with van der Waals surface area (Å²) in [5.74, 6) is 0.329. The lowest BCUT2D eigenvalue weighted by Gasteiger charge is -2.37. The maximum absolute atomic E-state index is 13.3. The molecule has 0 unspecified atom stereocenters. The Morgan fingerprint density at radius 1 is 0.812 bits per heavy atom. The van der Waals surface area contributed by atoms with E-state index < -0.39 is 0 Å². The number of hydrogen-bond donors (Lipinski definition) is 0. The van der Waals surface area contributed by atoms with Crippen LogP contribution in [0.25, 0.3) is 11.1 Å². The third-order valence-electron chi connectivity index (χ3n) is 8.05. The summed E-state index contributed by atoms with van der Waals surface area (Å²) < 4.78 is 0. The van der Waals surface area contributed by atoms with Gasteiger partial charge in [0.2, 0.25) is 0 Å². The number of carbonyl (C=O) groups is 2. The second-order valence-electron chi connectivity index (χ2n) is 9.87. The Morgan fingerprint density at radius 2 is 1.59 bits per heavy atom. The van der Waals surface area contributed by atoms with E-state index in [1.54, 1.807) is 0 Å². The van der Waals surface area contributed by atoms with Crippen LogP contribution >= 0.6 is 0 Å². The second-order valence-corrected chi connectivity index (χ2v) is 9.87. The van der Waals surface area contributed by atoms with E-state index >= 15 is 0 Å². The van der Waals surface area contributed by atoms with Gasteiger partial charge in [0.05, 0.1) is 0 Å². The molecule has 1 atom stereocenters. The highest BCUT2D eigenvalue weighted by atomic mass is 16.2. The normalized spacial score (nSPS) is 23.6. The van der Waals surface area contributed by atoms with Gasteiger partial charge in [-0.25, -0.2) is 0 Å². The highest BCUT2D eigenvalue weighted by Crippen LogP contribution is 2.32. The molecule has 1 saturated carbocycles. The minimum atomic E-state index is 0.127. The number of rotatable bonds is 4. The number of fused-ring (bicyclic) bond motifs is 1. The fourth-order valence-corrected chi connectivity index (χ4v) is 5.65. The molecule has 5 nitrogen and oxygen atoms in total. The second kappa shape index (κ2) is 8.04. The van der Waals surface area contributed by atoms with Gasteiger partial charge in [0, 0.05) is 55.9 Å². The van der Waals surface area contributed by atoms with E-state index in [1.807, 2.05) is 35.2 Å². The van der Waals surface area contributed by atoms with E-state index in [0.717, 1.165) is 85.8 Å². The molecule has 2 aromatic carbocycles. The molecule has 3 fully saturated rings. The molecule has 3 aliphatic heterocycles. The molecule has 166 valence electrons. The van der Waals surface area contributed by atoms with E-state index in [1.165, 1.54) is 19.3 Å². The Labute approximate surface area is 190 Å². The van der Waals surface area contributed by atoms with Gasteiger partial charge in [-0.3, -0.25) is 14.5 Å². The summed E-state index contributed by atoms with van der Waals surface area (Å²) in [5, 5.41) is 0. The smallest absolute Gasteiger partial charge is 0.254 e. The summed E-state index contributed by atoms with van der Waals surface area (Å²) in [4.78, 5) is 32.3. The molecule has 3 heterocycles. The molecule has 6 rings (SSSR count). The number of carbonyl (C=O) groups excluding carboxylic acids is 2. The number of benzene rings is 2. The van der Waals surface area contributed by atoms with Gasteiger partial charge in [-0.2, -0.15) is 0 Å². The largest absolute Gasteiger partial charge is 0.339 e. The molecular formula is C27H31N3O2. The van der Waals surface area contributed by atoms with Crippen molar-refractivity contribution in [3.8, 4) is 11.1 Å². The first-order valence-corrected chi connectivity index (χ1v) is 12.2. The van der Waals surface area contributed by atoms with Crippen molar-refractivity contribution < 1.29 is 9.59 Å².